The zero-order valence-corrected chi connectivity index (χ0v) is 17.4. The molecule has 0 saturated heterocycles. The summed E-state index contributed by atoms with van der Waals surface area (Å²) in [5, 5.41) is 20.2. The molecule has 2 aromatic carbocycles. The second-order valence-electron chi connectivity index (χ2n) is 8.06. The summed E-state index contributed by atoms with van der Waals surface area (Å²) < 4.78 is 61.0. The van der Waals surface area contributed by atoms with Gasteiger partial charge in [0.2, 0.25) is 0 Å². The Morgan fingerprint density at radius 2 is 1.71 bits per heavy atom. The van der Waals surface area contributed by atoms with Gasteiger partial charge in [-0.15, -0.1) is 0 Å². The summed E-state index contributed by atoms with van der Waals surface area (Å²) in [6.07, 6.45) is -7.66. The molecule has 0 spiro atoms. The van der Waals surface area contributed by atoms with Gasteiger partial charge in [-0.3, -0.25) is 0 Å². The van der Waals surface area contributed by atoms with E-state index in [2.05, 4.69) is 0 Å². The molecule has 0 aliphatic heterocycles. The first-order valence-corrected chi connectivity index (χ1v) is 9.44. The van der Waals surface area contributed by atoms with Crippen molar-refractivity contribution in [2.75, 3.05) is 13.7 Å². The van der Waals surface area contributed by atoms with Gasteiger partial charge in [0, 0.05) is 12.1 Å². The van der Waals surface area contributed by atoms with E-state index in [0.29, 0.717) is 10.5 Å². The number of aliphatic hydroxyl groups is 1. The topological polar surface area (TPSA) is 70.0 Å². The molecule has 1 atom stereocenters. The van der Waals surface area contributed by atoms with Gasteiger partial charge in [-0.25, -0.2) is 9.18 Å². The highest BCUT2D eigenvalue weighted by Gasteiger charge is 2.57. The molecule has 2 aromatic rings. The number of halogens is 4. The van der Waals surface area contributed by atoms with Crippen LogP contribution in [0, 0.1) is 5.82 Å². The molecule has 2 N–H and O–H groups in total. The molecule has 0 aliphatic rings. The van der Waals surface area contributed by atoms with Crippen molar-refractivity contribution in [3.8, 4) is 5.75 Å². The second-order valence-corrected chi connectivity index (χ2v) is 8.06. The van der Waals surface area contributed by atoms with Gasteiger partial charge >= 0.3 is 12.3 Å². The van der Waals surface area contributed by atoms with Gasteiger partial charge in [-0.1, -0.05) is 44.2 Å². The van der Waals surface area contributed by atoms with Crippen LogP contribution in [-0.4, -0.2) is 46.6 Å². The number of hydrogen-bond donors (Lipinski definition) is 2. The zero-order valence-electron chi connectivity index (χ0n) is 17.4. The molecule has 2 rings (SSSR count). The number of rotatable bonds is 8. The SMILES string of the molecule is COc1ccc(F)cc1C(C)(C)C[C@@](O)(CN(Cc1ccccc1)C(=O)O)C(F)(F)F. The minimum Gasteiger partial charge on any atom is -0.496 e. The lowest BCUT2D eigenvalue weighted by atomic mass is 9.74. The first-order valence-electron chi connectivity index (χ1n) is 9.44. The molecule has 0 radical (unpaired) electrons. The smallest absolute Gasteiger partial charge is 0.418 e. The lowest BCUT2D eigenvalue weighted by Gasteiger charge is -2.40. The van der Waals surface area contributed by atoms with Crippen molar-refractivity contribution in [1.82, 2.24) is 4.90 Å². The van der Waals surface area contributed by atoms with E-state index < -0.39 is 42.1 Å². The molecule has 1 amide bonds. The fourth-order valence-corrected chi connectivity index (χ4v) is 3.59. The Morgan fingerprint density at radius 3 is 2.23 bits per heavy atom. The van der Waals surface area contributed by atoms with E-state index in [1.54, 1.807) is 30.3 Å². The number of amides is 1. The predicted molar refractivity (Wildman–Crippen MR) is 106 cm³/mol. The molecule has 0 fully saturated rings. The average molecular weight is 443 g/mol. The summed E-state index contributed by atoms with van der Waals surface area (Å²) in [5.41, 5.74) is -4.20. The summed E-state index contributed by atoms with van der Waals surface area (Å²) >= 11 is 0. The quantitative estimate of drug-likeness (QED) is 0.565. The van der Waals surface area contributed by atoms with E-state index in [4.69, 9.17) is 4.74 Å². The van der Waals surface area contributed by atoms with E-state index >= 15 is 0 Å². The third-order valence-corrected chi connectivity index (χ3v) is 5.09. The van der Waals surface area contributed by atoms with Crippen LogP contribution in [0.15, 0.2) is 48.5 Å². The Kier molecular flexibility index (Phi) is 7.21. The maximum Gasteiger partial charge on any atom is 0.418 e. The van der Waals surface area contributed by atoms with Gasteiger partial charge in [-0.05, 0) is 35.6 Å². The number of alkyl halides is 3. The lowest BCUT2D eigenvalue weighted by molar-refractivity contribution is -0.270. The van der Waals surface area contributed by atoms with E-state index in [9.17, 15) is 32.6 Å². The van der Waals surface area contributed by atoms with Crippen molar-refractivity contribution < 1.29 is 37.3 Å². The summed E-state index contributed by atoms with van der Waals surface area (Å²) in [7, 11) is 1.30. The van der Waals surface area contributed by atoms with E-state index in [1.807, 2.05) is 0 Å². The molecule has 0 heterocycles. The zero-order chi connectivity index (χ0) is 23.4. The molecule has 0 aliphatic carbocycles. The highest BCUT2D eigenvalue weighted by Crippen LogP contribution is 2.44. The molecule has 0 bridgehead atoms. The number of carbonyl (C=O) groups is 1. The largest absolute Gasteiger partial charge is 0.496 e. The molecular weight excluding hydrogens is 418 g/mol. The van der Waals surface area contributed by atoms with Gasteiger partial charge in [0.1, 0.15) is 11.6 Å². The molecule has 0 aromatic heterocycles. The number of carboxylic acid groups (broad SMARTS) is 1. The standard InChI is InChI=1S/C22H25F4NO4/c1-20(2,17-11-16(23)9-10-18(17)31-3)13-21(30,22(24,25)26)14-27(19(28)29)12-15-7-5-4-6-8-15/h4-11,30H,12-14H2,1-3H3,(H,28,29)/t21-/m1/s1. The van der Waals surface area contributed by atoms with Gasteiger partial charge in [0.15, 0.2) is 5.60 Å². The lowest BCUT2D eigenvalue weighted by Crippen LogP contribution is -2.57. The van der Waals surface area contributed by atoms with Crippen molar-refractivity contribution in [3.05, 3.63) is 65.5 Å². The predicted octanol–water partition coefficient (Wildman–Crippen LogP) is 4.98. The van der Waals surface area contributed by atoms with Crippen LogP contribution in [0.3, 0.4) is 0 Å². The fraction of sp³-hybridized carbons (Fsp3) is 0.409. The van der Waals surface area contributed by atoms with E-state index in [1.165, 1.54) is 27.0 Å². The van der Waals surface area contributed by atoms with Gasteiger partial charge in [0.05, 0.1) is 13.7 Å². The van der Waals surface area contributed by atoms with Crippen molar-refractivity contribution in [2.45, 2.75) is 44.0 Å². The Hall–Kier alpha value is -2.81. The minimum absolute atomic E-state index is 0.127. The molecule has 0 unspecified atom stereocenters. The summed E-state index contributed by atoms with van der Waals surface area (Å²) in [5.74, 6) is -0.508. The van der Waals surface area contributed by atoms with Crippen LogP contribution in [0.2, 0.25) is 0 Å². The Labute approximate surface area is 177 Å². The number of hydrogen-bond acceptors (Lipinski definition) is 3. The Morgan fingerprint density at radius 1 is 1.10 bits per heavy atom. The number of ether oxygens (including phenoxy) is 1. The van der Waals surface area contributed by atoms with Crippen LogP contribution < -0.4 is 4.74 Å². The van der Waals surface area contributed by atoms with Crippen LogP contribution >= 0.6 is 0 Å². The summed E-state index contributed by atoms with van der Waals surface area (Å²) in [4.78, 5) is 12.2. The van der Waals surface area contributed by atoms with Crippen LogP contribution in [0.25, 0.3) is 0 Å². The maximum atomic E-state index is 14.0. The Balaban J connectivity index is 2.41. The van der Waals surface area contributed by atoms with Crippen molar-refractivity contribution in [1.29, 1.82) is 0 Å². The van der Waals surface area contributed by atoms with Crippen LogP contribution in [0.5, 0.6) is 5.75 Å². The molecular formula is C22H25F4NO4. The third kappa shape index (κ3) is 5.88. The number of nitrogens with zero attached hydrogens (tertiary/aromatic N) is 1. The van der Waals surface area contributed by atoms with Crippen LogP contribution in [0.1, 0.15) is 31.4 Å². The fourth-order valence-electron chi connectivity index (χ4n) is 3.59. The second kappa shape index (κ2) is 9.13. The average Bonchev–Trinajstić information content (AvgIpc) is 2.67. The van der Waals surface area contributed by atoms with E-state index in [-0.39, 0.29) is 17.9 Å². The third-order valence-electron chi connectivity index (χ3n) is 5.09. The molecule has 5 nitrogen and oxygen atoms in total. The summed E-state index contributed by atoms with van der Waals surface area (Å²) in [6, 6.07) is 11.5. The summed E-state index contributed by atoms with van der Waals surface area (Å²) in [6.45, 7) is 1.27. The van der Waals surface area contributed by atoms with Gasteiger partial charge in [0.25, 0.3) is 0 Å². The number of methoxy groups -OCH3 is 1. The first kappa shape index (κ1) is 24.5. The van der Waals surface area contributed by atoms with Crippen molar-refractivity contribution >= 4 is 6.09 Å². The monoisotopic (exact) mass is 443 g/mol. The van der Waals surface area contributed by atoms with Gasteiger partial charge in [-0.2, -0.15) is 13.2 Å². The van der Waals surface area contributed by atoms with Gasteiger partial charge < -0.3 is 19.8 Å². The first-order chi connectivity index (χ1) is 14.3. The normalized spacial score (nSPS) is 14.1. The highest BCUT2D eigenvalue weighted by atomic mass is 19.4. The molecule has 31 heavy (non-hydrogen) atoms. The number of benzene rings is 2. The minimum atomic E-state index is -5.14. The van der Waals surface area contributed by atoms with Crippen LogP contribution in [0.4, 0.5) is 22.4 Å². The van der Waals surface area contributed by atoms with Crippen molar-refractivity contribution in [3.63, 3.8) is 0 Å². The van der Waals surface area contributed by atoms with Crippen LogP contribution in [-0.2, 0) is 12.0 Å². The van der Waals surface area contributed by atoms with Crippen molar-refractivity contribution in [2.24, 2.45) is 0 Å². The highest BCUT2D eigenvalue weighted by molar-refractivity contribution is 5.65. The van der Waals surface area contributed by atoms with E-state index in [0.717, 1.165) is 12.1 Å². The maximum absolute atomic E-state index is 14.0. The molecule has 9 heteroatoms. The molecule has 170 valence electrons. The Bertz CT molecular complexity index is 902. The molecule has 0 saturated carbocycles.